The summed E-state index contributed by atoms with van der Waals surface area (Å²) in [6.07, 6.45) is 0. The average molecular weight is 343 g/mol. The average Bonchev–Trinajstić information content (AvgIpc) is 1.25. The Morgan fingerprint density at radius 1 is 1.10 bits per heavy atom. The van der Waals surface area contributed by atoms with Crippen LogP contribution in [-0.4, -0.2) is 96.1 Å². The molecule has 0 aromatic rings. The van der Waals surface area contributed by atoms with Crippen LogP contribution in [-0.2, 0) is 25.0 Å². The standard InChI is InChI=1S/2Ca.6O.Sn.Ti/q2*+2;;;4*-1;;. The second kappa shape index (κ2) is 18.3. The van der Waals surface area contributed by atoms with Crippen molar-refractivity contribution in [2.75, 3.05) is 0 Å². The first-order valence-electron chi connectivity index (χ1n) is 1.22. The molecule has 0 aliphatic carbocycles. The van der Waals surface area contributed by atoms with Crippen molar-refractivity contribution >= 4 is 96.1 Å². The van der Waals surface area contributed by atoms with Crippen LogP contribution in [0.1, 0.15) is 0 Å². The fourth-order valence-electron chi connectivity index (χ4n) is 0. The Morgan fingerprint density at radius 3 is 1.10 bits per heavy atom. The van der Waals surface area contributed by atoms with Crippen molar-refractivity contribution in [3.8, 4) is 0 Å². The van der Waals surface area contributed by atoms with Crippen molar-refractivity contribution in [2.45, 2.75) is 0 Å². The van der Waals surface area contributed by atoms with E-state index in [1.807, 2.05) is 0 Å². The van der Waals surface area contributed by atoms with Gasteiger partial charge in [0.15, 0.2) is 0 Å². The SMILES string of the molecule is [Ca+2].[Ca+2].[O]=[Sn]([O-])[O-].[O]=[Ti]([O-])[O-]. The Balaban J connectivity index is -0.0000000300. The van der Waals surface area contributed by atoms with Gasteiger partial charge in [-0.2, -0.15) is 0 Å². The molecule has 10 heavy (non-hydrogen) atoms. The summed E-state index contributed by atoms with van der Waals surface area (Å²) in [5.74, 6) is 0. The van der Waals surface area contributed by atoms with Crippen molar-refractivity contribution in [1.82, 2.24) is 0 Å². The van der Waals surface area contributed by atoms with Gasteiger partial charge < -0.3 is 0 Å². The van der Waals surface area contributed by atoms with Crippen LogP contribution < -0.4 is 14.3 Å². The maximum absolute atomic E-state index is 8.61. The monoisotopic (exact) mass is 344 g/mol. The van der Waals surface area contributed by atoms with Gasteiger partial charge in [0.25, 0.3) is 0 Å². The number of hydrogen-bond acceptors (Lipinski definition) is 6. The first-order chi connectivity index (χ1) is 3.46. The fourth-order valence-corrected chi connectivity index (χ4v) is 0. The predicted octanol–water partition coefficient (Wildman–Crippen LogP) is -6.14. The molecule has 10 heteroatoms. The molecule has 0 unspecified atom stereocenters. The molecule has 0 aromatic carbocycles. The van der Waals surface area contributed by atoms with Crippen molar-refractivity contribution in [1.29, 1.82) is 0 Å². The number of hydrogen-bond donors (Lipinski definition) is 0. The molecule has 6 nitrogen and oxygen atoms in total. The molecule has 0 spiro atoms. The summed E-state index contributed by atoms with van der Waals surface area (Å²) in [6, 6.07) is 0. The predicted molar refractivity (Wildman–Crippen MR) is 18.6 cm³/mol. The normalized spacial score (nSPS) is 5.20. The van der Waals surface area contributed by atoms with Gasteiger partial charge in [-0.3, -0.25) is 0 Å². The van der Waals surface area contributed by atoms with Crippen LogP contribution >= 0.6 is 0 Å². The molecule has 0 aliphatic rings. The molecule has 0 aromatic heterocycles. The third-order valence-corrected chi connectivity index (χ3v) is 0. The van der Waals surface area contributed by atoms with Gasteiger partial charge in [0.05, 0.1) is 0 Å². The molecule has 0 saturated carbocycles. The molecule has 0 saturated heterocycles. The van der Waals surface area contributed by atoms with Crippen LogP contribution in [0.15, 0.2) is 0 Å². The van der Waals surface area contributed by atoms with Crippen LogP contribution in [0.2, 0.25) is 0 Å². The van der Waals surface area contributed by atoms with Crippen molar-refractivity contribution in [3.05, 3.63) is 0 Å². The van der Waals surface area contributed by atoms with Crippen LogP contribution in [0.5, 0.6) is 0 Å². The Kier molecular flexibility index (Phi) is 42.7. The van der Waals surface area contributed by atoms with Crippen molar-refractivity contribution in [3.63, 3.8) is 0 Å². The molecule has 48 valence electrons. The van der Waals surface area contributed by atoms with Crippen molar-refractivity contribution in [2.24, 2.45) is 0 Å². The molecular formula is Ca2O6SnTi. The van der Waals surface area contributed by atoms with Gasteiger partial charge in [-0.25, -0.2) is 0 Å². The summed E-state index contributed by atoms with van der Waals surface area (Å²) in [6.45, 7) is 0. The fraction of sp³-hybridized carbons (Fsp3) is 0. The van der Waals surface area contributed by atoms with E-state index in [4.69, 9.17) is 20.7 Å². The van der Waals surface area contributed by atoms with E-state index in [0.717, 1.165) is 0 Å². The van der Waals surface area contributed by atoms with E-state index in [0.29, 0.717) is 0 Å². The van der Waals surface area contributed by atoms with Gasteiger partial charge in [-0.1, -0.05) is 0 Å². The maximum atomic E-state index is 8.61. The second-order valence-electron chi connectivity index (χ2n) is 0.500. The molecule has 0 radical (unpaired) electrons. The summed E-state index contributed by atoms with van der Waals surface area (Å²) < 4.78 is 51.6. The molecular weight excluding hydrogens is 343 g/mol. The molecule has 0 rings (SSSR count). The second-order valence-corrected chi connectivity index (χ2v) is 2.71. The van der Waals surface area contributed by atoms with Gasteiger partial charge in [0.1, 0.15) is 0 Å². The third-order valence-electron chi connectivity index (χ3n) is 0. The summed E-state index contributed by atoms with van der Waals surface area (Å²) >= 11 is -8.38. The zero-order valence-electron chi connectivity index (χ0n) is 4.86. The summed E-state index contributed by atoms with van der Waals surface area (Å²) in [5.41, 5.74) is 0. The molecule has 0 amide bonds. The zero-order chi connectivity index (χ0) is 7.15. The van der Waals surface area contributed by atoms with E-state index in [-0.39, 0.29) is 75.5 Å². The third kappa shape index (κ3) is 104. The van der Waals surface area contributed by atoms with Crippen LogP contribution in [0.25, 0.3) is 0 Å². The zero-order valence-corrected chi connectivity index (χ0v) is 13.7. The quantitative estimate of drug-likeness (QED) is 0.403. The Hall–Kier alpha value is 3.47. The van der Waals surface area contributed by atoms with E-state index < -0.39 is 39.2 Å². The summed E-state index contributed by atoms with van der Waals surface area (Å²) in [5, 5.41) is 0. The van der Waals surface area contributed by atoms with Gasteiger partial charge in [0, 0.05) is 0 Å². The molecule has 0 atom stereocenters. The van der Waals surface area contributed by atoms with E-state index in [1.54, 1.807) is 0 Å². The van der Waals surface area contributed by atoms with E-state index in [2.05, 4.69) is 0 Å². The van der Waals surface area contributed by atoms with Gasteiger partial charge in [-0.05, 0) is 0 Å². The van der Waals surface area contributed by atoms with Gasteiger partial charge in [-0.15, -0.1) is 0 Å². The summed E-state index contributed by atoms with van der Waals surface area (Å²) in [7, 11) is 0. The molecule has 0 aliphatic heterocycles. The van der Waals surface area contributed by atoms with E-state index >= 15 is 0 Å². The number of rotatable bonds is 0. The first-order valence-corrected chi connectivity index (χ1v) is 6.63. The van der Waals surface area contributed by atoms with Gasteiger partial charge >= 0.3 is 135 Å². The molecule has 0 fully saturated rings. The first kappa shape index (κ1) is 23.4. The molecule has 0 heterocycles. The topological polar surface area (TPSA) is 126 Å². The van der Waals surface area contributed by atoms with Crippen LogP contribution in [0.4, 0.5) is 0 Å². The minimum atomic E-state index is -4.29. The van der Waals surface area contributed by atoms with E-state index in [1.165, 1.54) is 0 Å². The van der Waals surface area contributed by atoms with Crippen molar-refractivity contribution < 1.29 is 39.3 Å². The van der Waals surface area contributed by atoms with Crippen LogP contribution in [0.3, 0.4) is 0 Å². The molecule has 0 bridgehead atoms. The molecule has 0 N–H and O–H groups in total. The Bertz CT molecular complexity index is 73.7. The Labute approximate surface area is 132 Å². The van der Waals surface area contributed by atoms with Crippen LogP contribution in [0, 0.1) is 0 Å². The Morgan fingerprint density at radius 2 is 1.10 bits per heavy atom. The van der Waals surface area contributed by atoms with Gasteiger partial charge in [0.2, 0.25) is 0 Å². The minimum absolute atomic E-state index is 0. The summed E-state index contributed by atoms with van der Waals surface area (Å²) in [4.78, 5) is 0. The van der Waals surface area contributed by atoms with E-state index in [9.17, 15) is 0 Å².